The lowest BCUT2D eigenvalue weighted by Crippen LogP contribution is -2.28. The summed E-state index contributed by atoms with van der Waals surface area (Å²) in [5.74, 6) is 0.282. The molecule has 0 heterocycles. The van der Waals surface area contributed by atoms with Crippen LogP contribution in [-0.4, -0.2) is 19.0 Å². The van der Waals surface area contributed by atoms with Gasteiger partial charge in [0.15, 0.2) is 0 Å². The van der Waals surface area contributed by atoms with Gasteiger partial charge >= 0.3 is 24.7 Å². The van der Waals surface area contributed by atoms with E-state index in [9.17, 15) is 52.7 Å². The van der Waals surface area contributed by atoms with Crippen LogP contribution in [0.15, 0.2) is 90.3 Å². The number of nitrogens with zero attached hydrogens (tertiary/aromatic N) is 1. The molecule has 0 fully saturated rings. The van der Waals surface area contributed by atoms with Gasteiger partial charge in [-0.1, -0.05) is 48.6 Å². The van der Waals surface area contributed by atoms with Gasteiger partial charge in [0, 0.05) is 12.0 Å². The van der Waals surface area contributed by atoms with Crippen LogP contribution in [0.2, 0.25) is 0 Å². The Labute approximate surface area is 245 Å². The van der Waals surface area contributed by atoms with Crippen molar-refractivity contribution in [2.24, 2.45) is 0 Å². The maximum atomic E-state index is 13.9. The molecule has 1 atom stereocenters. The minimum Gasteiger partial charge on any atom is -0.301 e. The number of halogens is 12. The maximum absolute atomic E-state index is 13.9. The summed E-state index contributed by atoms with van der Waals surface area (Å²) < 4.78 is 166. The van der Waals surface area contributed by atoms with E-state index in [1.165, 1.54) is 18.2 Å². The van der Waals surface area contributed by atoms with Crippen molar-refractivity contribution in [1.82, 2.24) is 4.90 Å². The molecule has 0 aliphatic heterocycles. The van der Waals surface area contributed by atoms with Crippen molar-refractivity contribution in [2.45, 2.75) is 30.7 Å². The average Bonchev–Trinajstić information content (AvgIpc) is 3.35. The van der Waals surface area contributed by atoms with Gasteiger partial charge in [0.05, 0.1) is 22.3 Å². The molecule has 3 aromatic rings. The van der Waals surface area contributed by atoms with Gasteiger partial charge in [0.2, 0.25) is 0 Å². The van der Waals surface area contributed by atoms with Crippen molar-refractivity contribution in [1.29, 1.82) is 0 Å². The van der Waals surface area contributed by atoms with E-state index in [0.29, 0.717) is 29.8 Å². The van der Waals surface area contributed by atoms with Crippen molar-refractivity contribution in [2.75, 3.05) is 14.1 Å². The fraction of sp³-hybridized carbons (Fsp3) is 0.233. The lowest BCUT2D eigenvalue weighted by molar-refractivity contribution is -0.144. The predicted molar refractivity (Wildman–Crippen MR) is 142 cm³/mol. The first-order chi connectivity index (χ1) is 20.2. The van der Waals surface area contributed by atoms with Gasteiger partial charge in [0.25, 0.3) is 0 Å². The zero-order valence-electron chi connectivity index (χ0n) is 22.6. The number of allylic oxidation sites excluding steroid dienone is 2. The molecule has 1 radical (unpaired) electrons. The molecule has 14 heteroatoms. The zero-order chi connectivity index (χ0) is 32.8. The SMILES string of the molecule is CN(C)[C@@H]([C]1C=CC=C1P(c1cc(C(F)(F)F)cc(C(F)(F)F)c1)c1cc(C(F)(F)F)cc(C(F)(F)F)c1)c1ccccc1. The van der Waals surface area contributed by atoms with Gasteiger partial charge in [0.1, 0.15) is 0 Å². The van der Waals surface area contributed by atoms with E-state index < -0.39 is 71.5 Å². The molecular weight excluding hydrogens is 633 g/mol. The van der Waals surface area contributed by atoms with Gasteiger partial charge < -0.3 is 4.90 Å². The van der Waals surface area contributed by atoms with Crippen LogP contribution in [0.25, 0.3) is 0 Å². The summed E-state index contributed by atoms with van der Waals surface area (Å²) in [6.45, 7) is 0. The van der Waals surface area contributed by atoms with Crippen molar-refractivity contribution in [3.63, 3.8) is 0 Å². The number of hydrogen-bond donors (Lipinski definition) is 0. The van der Waals surface area contributed by atoms with Gasteiger partial charge in [-0.05, 0) is 79.9 Å². The van der Waals surface area contributed by atoms with E-state index in [0.717, 1.165) is 0 Å². The summed E-state index contributed by atoms with van der Waals surface area (Å²) in [5.41, 5.74) is -6.40. The Kier molecular flexibility index (Phi) is 9.07. The number of rotatable bonds is 6. The van der Waals surface area contributed by atoms with E-state index in [2.05, 4.69) is 0 Å². The third kappa shape index (κ3) is 7.31. The molecule has 0 saturated carbocycles. The summed E-state index contributed by atoms with van der Waals surface area (Å²) in [4.78, 5) is 1.66. The highest BCUT2D eigenvalue weighted by molar-refractivity contribution is 7.77. The quantitative estimate of drug-likeness (QED) is 0.189. The average molecular weight is 654 g/mol. The molecule has 1 aliphatic carbocycles. The van der Waals surface area contributed by atoms with Crippen LogP contribution in [0.5, 0.6) is 0 Å². The number of hydrogen-bond acceptors (Lipinski definition) is 1. The zero-order valence-corrected chi connectivity index (χ0v) is 23.5. The molecule has 3 aromatic carbocycles. The van der Waals surface area contributed by atoms with Crippen LogP contribution in [-0.2, 0) is 24.7 Å². The molecule has 44 heavy (non-hydrogen) atoms. The van der Waals surface area contributed by atoms with Gasteiger partial charge in [-0.15, -0.1) is 0 Å². The predicted octanol–water partition coefficient (Wildman–Crippen LogP) is 9.53. The fourth-order valence-corrected chi connectivity index (χ4v) is 7.43. The maximum Gasteiger partial charge on any atom is 0.416 e. The molecule has 1 nitrogen and oxygen atoms in total. The highest BCUT2D eigenvalue weighted by Crippen LogP contribution is 2.56. The van der Waals surface area contributed by atoms with Crippen LogP contribution in [0.4, 0.5) is 52.7 Å². The van der Waals surface area contributed by atoms with Crippen LogP contribution in [0, 0.1) is 5.92 Å². The van der Waals surface area contributed by atoms with E-state index in [1.807, 2.05) is 0 Å². The minimum absolute atomic E-state index is 0.0116. The first-order valence-corrected chi connectivity index (χ1v) is 13.9. The Morgan fingerprint density at radius 1 is 0.568 bits per heavy atom. The Morgan fingerprint density at radius 3 is 1.30 bits per heavy atom. The van der Waals surface area contributed by atoms with E-state index >= 15 is 0 Å². The summed E-state index contributed by atoms with van der Waals surface area (Å²) in [5, 5.41) is -1.47. The molecule has 0 amide bonds. The topological polar surface area (TPSA) is 3.24 Å². The molecule has 0 N–H and O–H groups in total. The smallest absolute Gasteiger partial charge is 0.301 e. The van der Waals surface area contributed by atoms with Crippen molar-refractivity contribution >= 4 is 18.5 Å². The second-order valence-corrected chi connectivity index (χ2v) is 12.2. The van der Waals surface area contributed by atoms with Gasteiger partial charge in [-0.25, -0.2) is 0 Å². The standard InChI is InChI=1S/C30H21F12NP/c1-43(2)26(17-7-4-3-5-8-17)24-9-6-10-25(24)44(22-13-18(27(31,32)33)11-19(14-22)28(34,35)36)23-15-20(29(37,38)39)12-21(16-23)30(40,41)42/h3-16,26H,1-2H3/t26-/m1/s1. The van der Waals surface area contributed by atoms with Gasteiger partial charge in [-0.2, -0.15) is 52.7 Å². The third-order valence-corrected chi connectivity index (χ3v) is 9.09. The Morgan fingerprint density at radius 2 is 0.955 bits per heavy atom. The lowest BCUT2D eigenvalue weighted by atomic mass is 9.93. The molecule has 0 bridgehead atoms. The summed E-state index contributed by atoms with van der Waals surface area (Å²) in [7, 11) is 0.382. The van der Waals surface area contributed by atoms with Crippen LogP contribution in [0.1, 0.15) is 33.9 Å². The summed E-state index contributed by atoms with van der Waals surface area (Å²) >= 11 is 0. The molecule has 235 valence electrons. The molecule has 1 aliphatic rings. The Bertz CT molecular complexity index is 1410. The highest BCUT2D eigenvalue weighted by Gasteiger charge is 2.42. The molecule has 0 saturated heterocycles. The Hall–Kier alpha value is -3.31. The highest BCUT2D eigenvalue weighted by atomic mass is 31.1. The Balaban J connectivity index is 2.07. The van der Waals surface area contributed by atoms with E-state index in [1.54, 1.807) is 49.3 Å². The van der Waals surface area contributed by atoms with Gasteiger partial charge in [-0.3, -0.25) is 0 Å². The normalized spacial score (nSPS) is 15.8. The summed E-state index contributed by atoms with van der Waals surface area (Å²) in [6.07, 6.45) is -17.1. The largest absolute Gasteiger partial charge is 0.416 e. The first-order valence-electron chi connectivity index (χ1n) is 12.5. The van der Waals surface area contributed by atoms with Crippen LogP contribution < -0.4 is 10.6 Å². The fourth-order valence-electron chi connectivity index (χ4n) is 4.81. The van der Waals surface area contributed by atoms with Crippen LogP contribution >= 0.6 is 7.92 Å². The minimum atomic E-state index is -5.31. The second kappa shape index (κ2) is 11.9. The van der Waals surface area contributed by atoms with Crippen molar-refractivity contribution < 1.29 is 52.7 Å². The van der Waals surface area contributed by atoms with Crippen molar-refractivity contribution in [3.8, 4) is 0 Å². The first kappa shape index (κ1) is 33.6. The number of alkyl halides is 12. The molecule has 0 aromatic heterocycles. The molecule has 0 spiro atoms. The monoisotopic (exact) mass is 654 g/mol. The van der Waals surface area contributed by atoms with E-state index in [-0.39, 0.29) is 23.4 Å². The summed E-state index contributed by atoms with van der Waals surface area (Å²) in [6, 6.07) is 8.76. The number of benzene rings is 3. The molecular formula is C30H21F12NP. The molecule has 0 unspecified atom stereocenters. The molecule has 4 rings (SSSR count). The third-order valence-electron chi connectivity index (χ3n) is 6.65. The van der Waals surface area contributed by atoms with Crippen molar-refractivity contribution in [3.05, 3.63) is 124 Å². The second-order valence-electron chi connectivity index (χ2n) is 10.0. The van der Waals surface area contributed by atoms with Crippen LogP contribution in [0.3, 0.4) is 0 Å². The lowest BCUT2D eigenvalue weighted by Gasteiger charge is -2.34. The van der Waals surface area contributed by atoms with E-state index in [4.69, 9.17) is 0 Å².